The molecule has 1 heterocycles. The Labute approximate surface area is 223 Å². The van der Waals surface area contributed by atoms with Crippen molar-refractivity contribution in [3.05, 3.63) is 71.8 Å². The number of rotatable bonds is 5. The van der Waals surface area contributed by atoms with Crippen LogP contribution in [0.2, 0.25) is 0 Å². The predicted molar refractivity (Wildman–Crippen MR) is 150 cm³/mol. The van der Waals surface area contributed by atoms with Crippen LogP contribution in [0.25, 0.3) is 10.8 Å². The van der Waals surface area contributed by atoms with E-state index in [1.165, 1.54) is 0 Å². The summed E-state index contributed by atoms with van der Waals surface area (Å²) in [4.78, 5) is 41.1. The highest BCUT2D eigenvalue weighted by molar-refractivity contribution is 6.04. The summed E-state index contributed by atoms with van der Waals surface area (Å²) in [5.74, 6) is -0.713. The number of carbonyl (C=O) groups is 3. The molecule has 8 nitrogen and oxygen atoms in total. The van der Waals surface area contributed by atoms with Crippen LogP contribution in [0.5, 0.6) is 0 Å². The smallest absolute Gasteiger partial charge is 0.408 e. The molecule has 3 amide bonds. The lowest BCUT2D eigenvalue weighted by Crippen LogP contribution is -2.58. The number of hydrogen-bond acceptors (Lipinski definition) is 5. The monoisotopic (exact) mass is 516 g/mol. The number of carbonyl (C=O) groups excluding carboxylic acids is 3. The van der Waals surface area contributed by atoms with E-state index in [1.807, 2.05) is 50.2 Å². The van der Waals surface area contributed by atoms with Crippen LogP contribution in [0, 0.1) is 6.92 Å². The van der Waals surface area contributed by atoms with Gasteiger partial charge in [0, 0.05) is 0 Å². The van der Waals surface area contributed by atoms with Crippen LogP contribution in [-0.2, 0) is 20.9 Å². The fourth-order valence-corrected chi connectivity index (χ4v) is 4.65. The van der Waals surface area contributed by atoms with Crippen molar-refractivity contribution in [3.8, 4) is 0 Å². The van der Waals surface area contributed by atoms with E-state index in [4.69, 9.17) is 4.74 Å². The SMILES string of the molecule is Cc1ccc2ccccc2c1CN1C(=O)[C@@H](NC(=O)[C@H](C)NC(=O)OC(C)(C)C)C(C)Nc2ccccc21. The van der Waals surface area contributed by atoms with Crippen molar-refractivity contribution in [2.75, 3.05) is 10.2 Å². The topological polar surface area (TPSA) is 99.8 Å². The van der Waals surface area contributed by atoms with Crippen LogP contribution in [0.4, 0.5) is 16.2 Å². The largest absolute Gasteiger partial charge is 0.444 e. The quantitative estimate of drug-likeness (QED) is 0.448. The number of amides is 3. The van der Waals surface area contributed by atoms with Gasteiger partial charge in [-0.2, -0.15) is 0 Å². The van der Waals surface area contributed by atoms with E-state index in [0.717, 1.165) is 33.3 Å². The minimum Gasteiger partial charge on any atom is -0.444 e. The summed E-state index contributed by atoms with van der Waals surface area (Å²) in [6, 6.07) is 17.7. The van der Waals surface area contributed by atoms with Gasteiger partial charge in [-0.15, -0.1) is 0 Å². The number of aryl methyl sites for hydroxylation is 1. The molecule has 0 aliphatic carbocycles. The van der Waals surface area contributed by atoms with Crippen LogP contribution in [-0.4, -0.2) is 41.6 Å². The Hall–Kier alpha value is -4.07. The molecule has 0 spiro atoms. The maximum Gasteiger partial charge on any atom is 0.408 e. The van der Waals surface area contributed by atoms with Gasteiger partial charge in [-0.1, -0.05) is 48.5 Å². The predicted octanol–water partition coefficient (Wildman–Crippen LogP) is 4.89. The Morgan fingerprint density at radius 1 is 1.05 bits per heavy atom. The van der Waals surface area contributed by atoms with Crippen molar-refractivity contribution in [2.24, 2.45) is 0 Å². The molecule has 0 saturated carbocycles. The summed E-state index contributed by atoms with van der Waals surface area (Å²) < 4.78 is 5.27. The van der Waals surface area contributed by atoms with Gasteiger partial charge in [-0.25, -0.2) is 4.79 Å². The molecule has 1 aliphatic rings. The molecule has 0 radical (unpaired) electrons. The van der Waals surface area contributed by atoms with Crippen LogP contribution in [0.3, 0.4) is 0 Å². The normalized spacial score (nSPS) is 18.2. The molecule has 0 saturated heterocycles. The number of benzene rings is 3. The van der Waals surface area contributed by atoms with Crippen molar-refractivity contribution >= 4 is 40.1 Å². The summed E-state index contributed by atoms with van der Waals surface area (Å²) in [6.07, 6.45) is -0.695. The maximum atomic E-state index is 14.1. The second kappa shape index (κ2) is 10.7. The van der Waals surface area contributed by atoms with E-state index in [0.29, 0.717) is 6.54 Å². The number of para-hydroxylation sites is 2. The molecule has 0 fully saturated rings. The fraction of sp³-hybridized carbons (Fsp3) is 0.367. The Bertz CT molecular complexity index is 1360. The first-order valence-corrected chi connectivity index (χ1v) is 12.9. The van der Waals surface area contributed by atoms with Gasteiger partial charge < -0.3 is 25.6 Å². The molecule has 0 aromatic heterocycles. The lowest BCUT2D eigenvalue weighted by molar-refractivity contribution is -0.128. The number of hydrogen-bond donors (Lipinski definition) is 3. The molecule has 3 atom stereocenters. The first kappa shape index (κ1) is 27.0. The Morgan fingerprint density at radius 3 is 2.47 bits per heavy atom. The third-order valence-electron chi connectivity index (χ3n) is 6.63. The van der Waals surface area contributed by atoms with E-state index >= 15 is 0 Å². The molecular formula is C30H36N4O4. The van der Waals surface area contributed by atoms with Crippen LogP contribution in [0.1, 0.15) is 45.7 Å². The van der Waals surface area contributed by atoms with Gasteiger partial charge in [0.15, 0.2) is 0 Å². The fourth-order valence-electron chi connectivity index (χ4n) is 4.65. The van der Waals surface area contributed by atoms with Gasteiger partial charge >= 0.3 is 6.09 Å². The first-order chi connectivity index (χ1) is 17.9. The standard InChI is InChI=1S/C30H36N4O4/c1-18-15-16-21-11-7-8-12-22(21)23(18)17-34-25-14-10-9-13-24(25)31-19(2)26(28(34)36)33-27(35)20(3)32-29(37)38-30(4,5)6/h7-16,19-20,26,31H,17H2,1-6H3,(H,32,37)(H,33,35)/t19?,20-,26-/m0/s1. The number of nitrogens with one attached hydrogen (secondary N) is 3. The van der Waals surface area contributed by atoms with Crippen LogP contribution in [0.15, 0.2) is 60.7 Å². The van der Waals surface area contributed by atoms with Gasteiger partial charge in [-0.3, -0.25) is 9.59 Å². The number of ether oxygens (including phenoxy) is 1. The van der Waals surface area contributed by atoms with Gasteiger partial charge in [0.05, 0.1) is 24.0 Å². The maximum absolute atomic E-state index is 14.1. The molecular weight excluding hydrogens is 480 g/mol. The summed E-state index contributed by atoms with van der Waals surface area (Å²) in [5.41, 5.74) is 2.99. The summed E-state index contributed by atoms with van der Waals surface area (Å²) >= 11 is 0. The van der Waals surface area contributed by atoms with E-state index < -0.39 is 35.7 Å². The lowest BCUT2D eigenvalue weighted by Gasteiger charge is -2.29. The Balaban J connectivity index is 1.63. The number of anilines is 2. The summed E-state index contributed by atoms with van der Waals surface area (Å²) in [5, 5.41) is 11.0. The summed E-state index contributed by atoms with van der Waals surface area (Å²) in [7, 11) is 0. The van der Waals surface area contributed by atoms with Gasteiger partial charge in [0.2, 0.25) is 5.91 Å². The molecule has 3 aromatic rings. The van der Waals surface area contributed by atoms with Crippen molar-refractivity contribution in [3.63, 3.8) is 0 Å². The van der Waals surface area contributed by atoms with E-state index in [1.54, 1.807) is 32.6 Å². The molecule has 4 rings (SSSR count). The third-order valence-corrected chi connectivity index (χ3v) is 6.63. The highest BCUT2D eigenvalue weighted by Gasteiger charge is 2.37. The Kier molecular flexibility index (Phi) is 7.62. The second-order valence-electron chi connectivity index (χ2n) is 10.8. The van der Waals surface area contributed by atoms with Gasteiger partial charge in [0.25, 0.3) is 5.91 Å². The molecule has 3 N–H and O–H groups in total. The second-order valence-corrected chi connectivity index (χ2v) is 10.8. The number of alkyl carbamates (subject to hydrolysis) is 1. The number of fused-ring (bicyclic) bond motifs is 2. The minimum absolute atomic E-state index is 0.236. The lowest BCUT2D eigenvalue weighted by atomic mass is 9.98. The van der Waals surface area contributed by atoms with Crippen molar-refractivity contribution < 1.29 is 19.1 Å². The molecule has 1 aliphatic heterocycles. The van der Waals surface area contributed by atoms with E-state index in [2.05, 4.69) is 40.2 Å². The van der Waals surface area contributed by atoms with Gasteiger partial charge in [0.1, 0.15) is 17.7 Å². The number of nitrogens with zero attached hydrogens (tertiary/aromatic N) is 1. The van der Waals surface area contributed by atoms with Crippen molar-refractivity contribution in [1.29, 1.82) is 0 Å². The van der Waals surface area contributed by atoms with Gasteiger partial charge in [-0.05, 0) is 75.6 Å². The van der Waals surface area contributed by atoms with Crippen LogP contribution >= 0.6 is 0 Å². The minimum atomic E-state index is -0.899. The van der Waals surface area contributed by atoms with Crippen molar-refractivity contribution in [1.82, 2.24) is 10.6 Å². The molecule has 8 heteroatoms. The highest BCUT2D eigenvalue weighted by Crippen LogP contribution is 2.33. The average molecular weight is 517 g/mol. The Morgan fingerprint density at radius 2 is 1.74 bits per heavy atom. The van der Waals surface area contributed by atoms with E-state index in [-0.39, 0.29) is 5.91 Å². The zero-order valence-corrected chi connectivity index (χ0v) is 22.8. The third kappa shape index (κ3) is 5.90. The molecule has 3 aromatic carbocycles. The van der Waals surface area contributed by atoms with Crippen LogP contribution < -0.4 is 20.9 Å². The van der Waals surface area contributed by atoms with Crippen molar-refractivity contribution in [2.45, 2.75) is 71.8 Å². The van der Waals surface area contributed by atoms with E-state index in [9.17, 15) is 14.4 Å². The molecule has 1 unspecified atom stereocenters. The molecule has 38 heavy (non-hydrogen) atoms. The molecule has 200 valence electrons. The zero-order valence-electron chi connectivity index (χ0n) is 22.8. The molecule has 0 bridgehead atoms. The zero-order chi connectivity index (χ0) is 27.6. The highest BCUT2D eigenvalue weighted by atomic mass is 16.6. The first-order valence-electron chi connectivity index (χ1n) is 12.9. The summed E-state index contributed by atoms with van der Waals surface area (Å²) in [6.45, 7) is 11.1. The average Bonchev–Trinajstić information content (AvgIpc) is 2.94.